The van der Waals surface area contributed by atoms with Gasteiger partial charge in [-0.15, -0.1) is 0 Å². The zero-order valence-corrected chi connectivity index (χ0v) is 14.1. The Hall–Kier alpha value is -2.09. The topological polar surface area (TPSA) is 38.4 Å². The van der Waals surface area contributed by atoms with Gasteiger partial charge in [-0.25, -0.2) is 4.99 Å². The van der Waals surface area contributed by atoms with Crippen molar-refractivity contribution >= 4 is 11.5 Å². The zero-order valence-electron chi connectivity index (χ0n) is 14.1. The van der Waals surface area contributed by atoms with Crippen LogP contribution in [0.15, 0.2) is 47.5 Å². The van der Waals surface area contributed by atoms with Gasteiger partial charge in [-0.05, 0) is 28.2 Å². The van der Waals surface area contributed by atoms with E-state index in [9.17, 15) is 0 Å². The number of nitrogens with zero attached hydrogens (tertiary/aromatic N) is 1. The summed E-state index contributed by atoms with van der Waals surface area (Å²) in [5.74, 6) is 0.605. The third-order valence-corrected chi connectivity index (χ3v) is 4.65. The summed E-state index contributed by atoms with van der Waals surface area (Å²) in [6, 6.07) is 14.9. The number of amidine groups is 1. The second-order valence-corrected chi connectivity index (χ2v) is 7.65. The van der Waals surface area contributed by atoms with E-state index in [0.717, 1.165) is 11.3 Å². The van der Waals surface area contributed by atoms with Crippen LogP contribution < -0.4 is 5.73 Å². The minimum absolute atomic E-state index is 0.114. The molecule has 3 rings (SSSR count). The molecule has 2 aromatic carbocycles. The molecule has 114 valence electrons. The van der Waals surface area contributed by atoms with E-state index >= 15 is 0 Å². The summed E-state index contributed by atoms with van der Waals surface area (Å²) < 4.78 is 0. The summed E-state index contributed by atoms with van der Waals surface area (Å²) >= 11 is 0. The fourth-order valence-corrected chi connectivity index (χ4v) is 3.19. The minimum atomic E-state index is -0.127. The highest BCUT2D eigenvalue weighted by Gasteiger charge is 2.32. The van der Waals surface area contributed by atoms with Gasteiger partial charge < -0.3 is 5.73 Å². The van der Waals surface area contributed by atoms with Crippen molar-refractivity contribution in [2.75, 3.05) is 0 Å². The van der Waals surface area contributed by atoms with Gasteiger partial charge in [0.15, 0.2) is 0 Å². The smallest absolute Gasteiger partial charge is 0.131 e. The van der Waals surface area contributed by atoms with E-state index in [1.807, 2.05) is 12.1 Å². The molecule has 1 aliphatic rings. The first kappa shape index (κ1) is 14.8. The van der Waals surface area contributed by atoms with Gasteiger partial charge in [0.25, 0.3) is 0 Å². The second kappa shape index (κ2) is 4.70. The third-order valence-electron chi connectivity index (χ3n) is 4.65. The standard InChI is InChI=1S/C20H24N2/c1-19(2,3)13-10-11-14-16(12-13)20(4,5)15-8-6-7-9-17(15)22-18(14)21/h6-12H,1-5H3,(H2,21,22). The molecule has 0 saturated carbocycles. The summed E-state index contributed by atoms with van der Waals surface area (Å²) in [5.41, 5.74) is 12.1. The molecule has 0 fully saturated rings. The third kappa shape index (κ3) is 2.23. The average molecular weight is 292 g/mol. The summed E-state index contributed by atoms with van der Waals surface area (Å²) in [4.78, 5) is 4.66. The molecule has 0 atom stereocenters. The Morgan fingerprint density at radius 1 is 0.955 bits per heavy atom. The fraction of sp³-hybridized carbons (Fsp3) is 0.350. The lowest BCUT2D eigenvalue weighted by Gasteiger charge is -2.30. The first-order chi connectivity index (χ1) is 10.2. The van der Waals surface area contributed by atoms with E-state index in [4.69, 9.17) is 5.73 Å². The second-order valence-electron chi connectivity index (χ2n) is 7.65. The molecule has 0 unspecified atom stereocenters. The van der Waals surface area contributed by atoms with E-state index in [2.05, 4.69) is 69.9 Å². The Balaban J connectivity index is 2.33. The van der Waals surface area contributed by atoms with Crippen LogP contribution in [-0.2, 0) is 10.8 Å². The molecular formula is C20H24N2. The summed E-state index contributed by atoms with van der Waals surface area (Å²) in [6.45, 7) is 11.2. The van der Waals surface area contributed by atoms with Crippen molar-refractivity contribution in [2.24, 2.45) is 10.7 Å². The normalized spacial score (nSPS) is 16.3. The van der Waals surface area contributed by atoms with Gasteiger partial charge in [0.2, 0.25) is 0 Å². The molecule has 2 aromatic rings. The van der Waals surface area contributed by atoms with Crippen LogP contribution in [0.4, 0.5) is 5.69 Å². The monoisotopic (exact) mass is 292 g/mol. The van der Waals surface area contributed by atoms with E-state index in [-0.39, 0.29) is 10.8 Å². The molecular weight excluding hydrogens is 268 g/mol. The molecule has 0 aliphatic carbocycles. The van der Waals surface area contributed by atoms with Crippen LogP contribution in [0.2, 0.25) is 0 Å². The Morgan fingerprint density at radius 2 is 1.64 bits per heavy atom. The molecule has 0 bridgehead atoms. The summed E-state index contributed by atoms with van der Waals surface area (Å²) in [7, 11) is 0. The molecule has 22 heavy (non-hydrogen) atoms. The number of aliphatic imine (C=N–C) groups is 1. The molecule has 2 N–H and O–H groups in total. The van der Waals surface area contributed by atoms with E-state index in [1.165, 1.54) is 16.7 Å². The SMILES string of the molecule is CC(C)(C)c1ccc2c(c1)C(C)(C)c1ccccc1N=C2N. The van der Waals surface area contributed by atoms with Crippen molar-refractivity contribution < 1.29 is 0 Å². The molecule has 0 radical (unpaired) electrons. The number of para-hydroxylation sites is 1. The first-order valence-corrected chi connectivity index (χ1v) is 7.80. The lowest BCUT2D eigenvalue weighted by atomic mass is 9.73. The maximum Gasteiger partial charge on any atom is 0.131 e. The first-order valence-electron chi connectivity index (χ1n) is 7.80. The van der Waals surface area contributed by atoms with Crippen molar-refractivity contribution in [2.45, 2.75) is 45.4 Å². The van der Waals surface area contributed by atoms with Crippen molar-refractivity contribution in [1.29, 1.82) is 0 Å². The molecule has 0 aromatic heterocycles. The maximum atomic E-state index is 6.29. The highest BCUT2D eigenvalue weighted by molar-refractivity contribution is 6.02. The highest BCUT2D eigenvalue weighted by atomic mass is 14.9. The zero-order chi connectivity index (χ0) is 16.1. The molecule has 0 saturated heterocycles. The Bertz CT molecular complexity index is 762. The number of rotatable bonds is 0. The van der Waals surface area contributed by atoms with Crippen molar-refractivity contribution in [3.05, 3.63) is 64.7 Å². The van der Waals surface area contributed by atoms with Crippen molar-refractivity contribution in [3.63, 3.8) is 0 Å². The summed E-state index contributed by atoms with van der Waals surface area (Å²) in [6.07, 6.45) is 0. The fourth-order valence-electron chi connectivity index (χ4n) is 3.19. The number of hydrogen-bond donors (Lipinski definition) is 1. The van der Waals surface area contributed by atoms with Gasteiger partial charge in [0.05, 0.1) is 5.69 Å². The highest BCUT2D eigenvalue weighted by Crippen LogP contribution is 2.42. The van der Waals surface area contributed by atoms with Gasteiger partial charge in [0.1, 0.15) is 5.84 Å². The predicted molar refractivity (Wildman–Crippen MR) is 94.1 cm³/mol. The predicted octanol–water partition coefficient (Wildman–Crippen LogP) is 4.66. The quantitative estimate of drug-likeness (QED) is 0.753. The molecule has 0 amide bonds. The maximum absolute atomic E-state index is 6.29. The van der Waals surface area contributed by atoms with E-state index in [0.29, 0.717) is 5.84 Å². The van der Waals surface area contributed by atoms with Crippen molar-refractivity contribution in [3.8, 4) is 0 Å². The molecule has 2 heteroatoms. The number of hydrogen-bond acceptors (Lipinski definition) is 2. The van der Waals surface area contributed by atoms with Crippen LogP contribution >= 0.6 is 0 Å². The van der Waals surface area contributed by atoms with Crippen LogP contribution in [-0.4, -0.2) is 5.84 Å². The largest absolute Gasteiger partial charge is 0.383 e. The van der Waals surface area contributed by atoms with Gasteiger partial charge in [-0.3, -0.25) is 0 Å². The van der Waals surface area contributed by atoms with Gasteiger partial charge in [0, 0.05) is 11.0 Å². The van der Waals surface area contributed by atoms with Crippen molar-refractivity contribution in [1.82, 2.24) is 0 Å². The van der Waals surface area contributed by atoms with Crippen LogP contribution in [0.1, 0.15) is 56.9 Å². The molecule has 1 heterocycles. The number of fused-ring (bicyclic) bond motifs is 2. The Morgan fingerprint density at radius 3 is 2.32 bits per heavy atom. The van der Waals surface area contributed by atoms with Crippen LogP contribution in [0.5, 0.6) is 0 Å². The Labute approximate surface area is 133 Å². The lowest BCUT2D eigenvalue weighted by Crippen LogP contribution is -2.24. The van der Waals surface area contributed by atoms with Gasteiger partial charge >= 0.3 is 0 Å². The van der Waals surface area contributed by atoms with Crippen LogP contribution in [0.25, 0.3) is 0 Å². The summed E-state index contributed by atoms with van der Waals surface area (Å²) in [5, 5.41) is 0. The number of benzene rings is 2. The van der Waals surface area contributed by atoms with Gasteiger partial charge in [-0.2, -0.15) is 0 Å². The van der Waals surface area contributed by atoms with E-state index < -0.39 is 0 Å². The average Bonchev–Trinajstić information content (AvgIpc) is 2.53. The lowest BCUT2D eigenvalue weighted by molar-refractivity contribution is 0.582. The molecule has 1 aliphatic heterocycles. The van der Waals surface area contributed by atoms with Crippen LogP contribution in [0.3, 0.4) is 0 Å². The van der Waals surface area contributed by atoms with Crippen LogP contribution in [0, 0.1) is 0 Å². The van der Waals surface area contributed by atoms with E-state index in [1.54, 1.807) is 0 Å². The number of nitrogens with two attached hydrogens (primary N) is 1. The molecule has 2 nitrogen and oxygen atoms in total. The van der Waals surface area contributed by atoms with Gasteiger partial charge in [-0.1, -0.05) is 71.0 Å². The molecule has 0 spiro atoms. The Kier molecular flexibility index (Phi) is 3.17. The minimum Gasteiger partial charge on any atom is -0.383 e.